The summed E-state index contributed by atoms with van der Waals surface area (Å²) in [5.74, 6) is 0.924. The number of nitrogens with zero attached hydrogens (tertiary/aromatic N) is 5. The summed E-state index contributed by atoms with van der Waals surface area (Å²) in [6.07, 6.45) is -3.29. The molecule has 1 saturated heterocycles. The van der Waals surface area contributed by atoms with Crippen molar-refractivity contribution in [2.75, 3.05) is 16.0 Å². The van der Waals surface area contributed by atoms with Crippen molar-refractivity contribution in [1.82, 2.24) is 14.8 Å². The fraction of sp³-hybridized carbons (Fsp3) is 0.214. The normalized spacial score (nSPS) is 16.4. The van der Waals surface area contributed by atoms with Gasteiger partial charge in [0, 0.05) is 28.7 Å². The number of urea groups is 1. The van der Waals surface area contributed by atoms with Gasteiger partial charge in [-0.05, 0) is 80.4 Å². The number of para-hydroxylation sites is 1. The highest BCUT2D eigenvalue weighted by Gasteiger charge is 2.31. The molecule has 1 unspecified atom stereocenters. The number of amidine groups is 1. The summed E-state index contributed by atoms with van der Waals surface area (Å²) in [7, 11) is 0. The Labute approximate surface area is 232 Å². The van der Waals surface area contributed by atoms with Crippen molar-refractivity contribution in [3.05, 3.63) is 84.2 Å². The Kier molecular flexibility index (Phi) is 7.53. The van der Waals surface area contributed by atoms with Crippen LogP contribution in [0.4, 0.5) is 29.3 Å². The van der Waals surface area contributed by atoms with E-state index in [2.05, 4.69) is 62.9 Å². The molecule has 12 heteroatoms. The fourth-order valence-electron chi connectivity index (χ4n) is 4.38. The number of hydrogen-bond acceptors (Lipinski definition) is 5. The second-order valence-corrected chi connectivity index (χ2v) is 10.2. The van der Waals surface area contributed by atoms with Gasteiger partial charge in [0.05, 0.1) is 5.69 Å². The van der Waals surface area contributed by atoms with E-state index >= 15 is 0 Å². The third-order valence-electron chi connectivity index (χ3n) is 6.20. The lowest BCUT2D eigenvalue weighted by molar-refractivity contribution is -0.274. The number of rotatable bonds is 5. The molecule has 2 amide bonds. The summed E-state index contributed by atoms with van der Waals surface area (Å²) in [6.45, 7) is 6.22. The number of hydrogen-bond donors (Lipinski definition) is 1. The zero-order chi connectivity index (χ0) is 28.4. The fourth-order valence-corrected chi connectivity index (χ4v) is 5.47. The quantitative estimate of drug-likeness (QED) is 0.281. The van der Waals surface area contributed by atoms with Gasteiger partial charge in [-0.25, -0.2) is 14.5 Å². The summed E-state index contributed by atoms with van der Waals surface area (Å²) >= 11 is 1.55. The average Bonchev–Trinajstić information content (AvgIpc) is 3.52. The van der Waals surface area contributed by atoms with Gasteiger partial charge in [-0.2, -0.15) is 4.99 Å². The Morgan fingerprint density at radius 1 is 1.05 bits per heavy atom. The smallest absolute Gasteiger partial charge is 0.406 e. The van der Waals surface area contributed by atoms with Gasteiger partial charge in [-0.3, -0.25) is 0 Å². The average molecular weight is 567 g/mol. The lowest BCUT2D eigenvalue weighted by atomic mass is 10.1. The number of carbonyl (C=O) groups is 1. The standard InChI is InChI=1S/C28H25F3N6O2S/c1-17-5-4-6-18(2)24(17)37-19(3)15-40-27(37)34-26(38)33-21-9-7-20(8-10-21)25-32-16-36(35-25)22-11-13-23(14-12-22)39-28(29,30)31/h4-14,16,19H,15H2,1-3H3,(H,33,38). The first-order valence-electron chi connectivity index (χ1n) is 12.3. The minimum absolute atomic E-state index is 0.203. The Bertz CT molecular complexity index is 1530. The molecule has 0 bridgehead atoms. The number of thioether (sulfide) groups is 1. The molecule has 8 nitrogen and oxygen atoms in total. The maximum atomic E-state index is 12.8. The molecule has 0 aliphatic carbocycles. The number of aliphatic imine (C=N–C) groups is 1. The summed E-state index contributed by atoms with van der Waals surface area (Å²) in [5.41, 5.74) is 5.11. The van der Waals surface area contributed by atoms with Crippen LogP contribution in [0.2, 0.25) is 0 Å². The van der Waals surface area contributed by atoms with Gasteiger partial charge in [0.25, 0.3) is 0 Å². The first-order valence-corrected chi connectivity index (χ1v) is 13.3. The highest BCUT2D eigenvalue weighted by molar-refractivity contribution is 8.14. The Balaban J connectivity index is 1.26. The number of anilines is 2. The number of aromatic nitrogens is 3. The lowest BCUT2D eigenvalue weighted by Gasteiger charge is -2.26. The molecule has 40 heavy (non-hydrogen) atoms. The third-order valence-corrected chi connectivity index (χ3v) is 7.39. The molecular formula is C28H25F3N6O2S. The zero-order valence-electron chi connectivity index (χ0n) is 21.8. The maximum Gasteiger partial charge on any atom is 0.573 e. The number of halogens is 3. The van der Waals surface area contributed by atoms with Gasteiger partial charge in [0.2, 0.25) is 0 Å². The molecule has 0 saturated carbocycles. The van der Waals surface area contributed by atoms with Crippen molar-refractivity contribution >= 4 is 34.3 Å². The highest BCUT2D eigenvalue weighted by atomic mass is 32.2. The molecule has 1 aliphatic heterocycles. The van der Waals surface area contributed by atoms with E-state index in [4.69, 9.17) is 0 Å². The molecule has 0 spiro atoms. The highest BCUT2D eigenvalue weighted by Crippen LogP contribution is 2.35. The molecule has 0 radical (unpaired) electrons. The number of ether oxygens (including phenoxy) is 1. The van der Waals surface area contributed by atoms with Crippen LogP contribution < -0.4 is 15.0 Å². The van der Waals surface area contributed by atoms with Gasteiger partial charge in [0.1, 0.15) is 12.1 Å². The molecule has 1 N–H and O–H groups in total. The SMILES string of the molecule is Cc1cccc(C)c1N1C(=NC(=O)Nc2ccc(-c3ncn(-c4ccc(OC(F)(F)F)cc4)n3)cc2)SCC1C. The summed E-state index contributed by atoms with van der Waals surface area (Å²) in [6, 6.07) is 18.1. The molecule has 206 valence electrons. The van der Waals surface area contributed by atoms with Gasteiger partial charge in [-0.1, -0.05) is 30.0 Å². The van der Waals surface area contributed by atoms with E-state index in [0.717, 1.165) is 22.6 Å². The zero-order valence-corrected chi connectivity index (χ0v) is 22.6. The molecule has 1 aromatic heterocycles. The molecule has 1 fully saturated rings. The van der Waals surface area contributed by atoms with Crippen LogP contribution >= 0.6 is 11.8 Å². The minimum Gasteiger partial charge on any atom is -0.406 e. The van der Waals surface area contributed by atoms with Crippen LogP contribution in [0.25, 0.3) is 17.1 Å². The van der Waals surface area contributed by atoms with Crippen molar-refractivity contribution in [2.45, 2.75) is 33.2 Å². The first-order chi connectivity index (χ1) is 19.1. The number of nitrogens with one attached hydrogen (secondary N) is 1. The number of alkyl halides is 3. The molecule has 3 aromatic carbocycles. The van der Waals surface area contributed by atoms with Crippen molar-refractivity contribution in [3.63, 3.8) is 0 Å². The Morgan fingerprint density at radius 3 is 2.38 bits per heavy atom. The summed E-state index contributed by atoms with van der Waals surface area (Å²) in [5, 5.41) is 7.87. The number of carbonyl (C=O) groups excluding carboxylic acids is 1. The number of benzene rings is 3. The van der Waals surface area contributed by atoms with Crippen molar-refractivity contribution in [3.8, 4) is 22.8 Å². The second-order valence-electron chi connectivity index (χ2n) is 9.23. The molecule has 5 rings (SSSR count). The predicted molar refractivity (Wildman–Crippen MR) is 150 cm³/mol. The van der Waals surface area contributed by atoms with Gasteiger partial charge >= 0.3 is 12.4 Å². The van der Waals surface area contributed by atoms with Crippen LogP contribution in [-0.2, 0) is 0 Å². The van der Waals surface area contributed by atoms with Gasteiger partial charge in [-0.15, -0.1) is 18.3 Å². The van der Waals surface area contributed by atoms with Crippen LogP contribution in [0.1, 0.15) is 18.1 Å². The largest absolute Gasteiger partial charge is 0.573 e. The number of amides is 2. The predicted octanol–water partition coefficient (Wildman–Crippen LogP) is 6.98. The van der Waals surface area contributed by atoms with E-state index in [1.54, 1.807) is 36.0 Å². The Morgan fingerprint density at radius 2 is 1.73 bits per heavy atom. The summed E-state index contributed by atoms with van der Waals surface area (Å²) in [4.78, 5) is 23.6. The van der Waals surface area contributed by atoms with Crippen molar-refractivity contribution in [1.29, 1.82) is 0 Å². The van der Waals surface area contributed by atoms with Crippen LogP contribution in [0, 0.1) is 13.8 Å². The van der Waals surface area contributed by atoms with Crippen molar-refractivity contribution in [2.24, 2.45) is 4.99 Å². The second kappa shape index (κ2) is 11.0. The van der Waals surface area contributed by atoms with E-state index in [9.17, 15) is 18.0 Å². The topological polar surface area (TPSA) is 84.6 Å². The van der Waals surface area contributed by atoms with Crippen molar-refractivity contribution < 1.29 is 22.7 Å². The monoisotopic (exact) mass is 566 g/mol. The molecule has 2 heterocycles. The lowest BCUT2D eigenvalue weighted by Crippen LogP contribution is -2.33. The number of aryl methyl sites for hydroxylation is 2. The van der Waals surface area contributed by atoms with E-state index in [0.29, 0.717) is 27.9 Å². The first kappa shape index (κ1) is 27.3. The Hall–Kier alpha value is -4.32. The molecular weight excluding hydrogens is 541 g/mol. The molecule has 4 aromatic rings. The minimum atomic E-state index is -4.75. The van der Waals surface area contributed by atoms with Gasteiger partial charge in [0.15, 0.2) is 11.0 Å². The third kappa shape index (κ3) is 6.12. The van der Waals surface area contributed by atoms with Crippen LogP contribution in [0.3, 0.4) is 0 Å². The van der Waals surface area contributed by atoms with E-state index in [1.807, 2.05) is 6.07 Å². The summed E-state index contributed by atoms with van der Waals surface area (Å²) < 4.78 is 42.5. The van der Waals surface area contributed by atoms with E-state index < -0.39 is 12.4 Å². The van der Waals surface area contributed by atoms with E-state index in [1.165, 1.54) is 35.3 Å². The van der Waals surface area contributed by atoms with Crippen LogP contribution in [0.5, 0.6) is 5.75 Å². The van der Waals surface area contributed by atoms with E-state index in [-0.39, 0.29) is 11.8 Å². The maximum absolute atomic E-state index is 12.8. The molecule has 1 aliphatic rings. The van der Waals surface area contributed by atoms with Crippen LogP contribution in [0.15, 0.2) is 78.0 Å². The van der Waals surface area contributed by atoms with Gasteiger partial charge < -0.3 is 15.0 Å². The molecule has 1 atom stereocenters. The van der Waals surface area contributed by atoms with Crippen LogP contribution in [-0.4, -0.2) is 44.1 Å².